The minimum atomic E-state index is -0.537. The number of hydrogen-bond donors (Lipinski definition) is 3. The summed E-state index contributed by atoms with van der Waals surface area (Å²) in [4.78, 5) is 23.2. The topological polar surface area (TPSA) is 113 Å². The number of halogens is 1. The summed E-state index contributed by atoms with van der Waals surface area (Å²) in [5, 5.41) is 24.2. The van der Waals surface area contributed by atoms with Gasteiger partial charge in [-0.05, 0) is 30.7 Å². The van der Waals surface area contributed by atoms with Crippen LogP contribution in [0.3, 0.4) is 0 Å². The van der Waals surface area contributed by atoms with Crippen LogP contribution >= 0.6 is 11.6 Å². The first kappa shape index (κ1) is 18.4. The number of benzene rings is 2. The van der Waals surface area contributed by atoms with Gasteiger partial charge in [0.2, 0.25) is 0 Å². The standard InChI is InChI=1S/C18H16ClN5O3/c1-11-8-17(23-22-11)21-18(25)12-6-7-15(16(9-12)24(26)27)20-10-13-4-2-3-5-14(13)19/h2-9,20H,10H2,1H3,(H2,21,22,23,25). The minimum Gasteiger partial charge on any atom is -0.375 e. The number of amides is 1. The summed E-state index contributed by atoms with van der Waals surface area (Å²) < 4.78 is 0. The highest BCUT2D eigenvalue weighted by Crippen LogP contribution is 2.27. The number of aromatic nitrogens is 2. The Bertz CT molecular complexity index is 1000. The summed E-state index contributed by atoms with van der Waals surface area (Å²) in [5.41, 5.74) is 1.85. The Labute approximate surface area is 159 Å². The number of H-pyrrole nitrogens is 1. The summed E-state index contributed by atoms with van der Waals surface area (Å²) in [5.74, 6) is -0.136. The van der Waals surface area contributed by atoms with E-state index in [1.807, 2.05) is 18.2 Å². The molecule has 0 aliphatic rings. The molecule has 0 saturated heterocycles. The molecule has 0 unspecified atom stereocenters. The maximum atomic E-state index is 12.3. The first-order valence-electron chi connectivity index (χ1n) is 8.03. The van der Waals surface area contributed by atoms with Gasteiger partial charge in [0.1, 0.15) is 5.69 Å². The Kier molecular flexibility index (Phi) is 5.37. The van der Waals surface area contributed by atoms with Crippen molar-refractivity contribution in [1.82, 2.24) is 10.2 Å². The molecule has 3 aromatic rings. The summed E-state index contributed by atoms with van der Waals surface area (Å²) in [6, 6.07) is 13.1. The molecule has 0 radical (unpaired) electrons. The second-order valence-corrected chi connectivity index (χ2v) is 6.23. The molecule has 2 aromatic carbocycles. The Balaban J connectivity index is 1.79. The van der Waals surface area contributed by atoms with Crippen LogP contribution in [0, 0.1) is 17.0 Å². The molecule has 0 bridgehead atoms. The van der Waals surface area contributed by atoms with E-state index >= 15 is 0 Å². The summed E-state index contributed by atoms with van der Waals surface area (Å²) in [7, 11) is 0. The third-order valence-corrected chi connectivity index (χ3v) is 4.20. The number of rotatable bonds is 6. The van der Waals surface area contributed by atoms with E-state index in [0.717, 1.165) is 11.3 Å². The number of nitro groups is 1. The van der Waals surface area contributed by atoms with Gasteiger partial charge in [0, 0.05) is 35.0 Å². The lowest BCUT2D eigenvalue weighted by atomic mass is 10.1. The van der Waals surface area contributed by atoms with Crippen molar-refractivity contribution in [3.05, 3.63) is 80.5 Å². The van der Waals surface area contributed by atoms with Gasteiger partial charge < -0.3 is 10.6 Å². The molecule has 1 amide bonds. The Morgan fingerprint density at radius 2 is 2.04 bits per heavy atom. The Morgan fingerprint density at radius 3 is 2.70 bits per heavy atom. The Hall–Kier alpha value is -3.39. The molecule has 8 nitrogen and oxygen atoms in total. The highest BCUT2D eigenvalue weighted by Gasteiger charge is 2.18. The molecule has 0 atom stereocenters. The zero-order chi connectivity index (χ0) is 19.4. The molecule has 0 aliphatic heterocycles. The molecule has 27 heavy (non-hydrogen) atoms. The fourth-order valence-electron chi connectivity index (χ4n) is 2.48. The van der Waals surface area contributed by atoms with Crippen LogP contribution in [0.4, 0.5) is 17.2 Å². The van der Waals surface area contributed by atoms with Gasteiger partial charge in [0.25, 0.3) is 11.6 Å². The monoisotopic (exact) mass is 385 g/mol. The van der Waals surface area contributed by atoms with Gasteiger partial charge in [0.15, 0.2) is 5.82 Å². The number of carbonyl (C=O) groups excluding carboxylic acids is 1. The SMILES string of the molecule is Cc1cc(NC(=O)c2ccc(NCc3ccccc3Cl)c([N+](=O)[O-])c2)n[nH]1. The van der Waals surface area contributed by atoms with E-state index in [4.69, 9.17) is 11.6 Å². The van der Waals surface area contributed by atoms with Gasteiger partial charge in [0.05, 0.1) is 4.92 Å². The molecule has 138 valence electrons. The van der Waals surface area contributed by atoms with E-state index in [9.17, 15) is 14.9 Å². The lowest BCUT2D eigenvalue weighted by Gasteiger charge is -2.10. The van der Waals surface area contributed by atoms with Crippen molar-refractivity contribution in [3.63, 3.8) is 0 Å². The molecule has 0 fully saturated rings. The number of nitro benzene ring substituents is 1. The number of aromatic amines is 1. The quantitative estimate of drug-likeness (QED) is 0.436. The second kappa shape index (κ2) is 7.88. The Morgan fingerprint density at radius 1 is 1.26 bits per heavy atom. The summed E-state index contributed by atoms with van der Waals surface area (Å²) in [6.45, 7) is 2.12. The fourth-order valence-corrected chi connectivity index (χ4v) is 2.68. The molecular weight excluding hydrogens is 370 g/mol. The van der Waals surface area contributed by atoms with E-state index in [-0.39, 0.29) is 11.3 Å². The van der Waals surface area contributed by atoms with E-state index in [2.05, 4.69) is 20.8 Å². The molecule has 9 heteroatoms. The van der Waals surface area contributed by atoms with E-state index < -0.39 is 10.8 Å². The molecular formula is C18H16ClN5O3. The third-order valence-electron chi connectivity index (χ3n) is 3.83. The van der Waals surface area contributed by atoms with Crippen LogP contribution < -0.4 is 10.6 Å². The zero-order valence-electron chi connectivity index (χ0n) is 14.3. The fraction of sp³-hybridized carbons (Fsp3) is 0.111. The van der Waals surface area contributed by atoms with Gasteiger partial charge in [-0.3, -0.25) is 20.0 Å². The van der Waals surface area contributed by atoms with Crippen LogP contribution in [0.25, 0.3) is 0 Å². The molecule has 0 spiro atoms. The summed E-state index contributed by atoms with van der Waals surface area (Å²) >= 11 is 6.10. The molecule has 0 aliphatic carbocycles. The smallest absolute Gasteiger partial charge is 0.293 e. The van der Waals surface area contributed by atoms with E-state index in [1.165, 1.54) is 18.2 Å². The lowest BCUT2D eigenvalue weighted by molar-refractivity contribution is -0.384. The van der Waals surface area contributed by atoms with Gasteiger partial charge in [-0.15, -0.1) is 0 Å². The predicted molar refractivity (Wildman–Crippen MR) is 103 cm³/mol. The highest BCUT2D eigenvalue weighted by atomic mass is 35.5. The van der Waals surface area contributed by atoms with Crippen molar-refractivity contribution in [2.75, 3.05) is 10.6 Å². The first-order valence-corrected chi connectivity index (χ1v) is 8.41. The summed E-state index contributed by atoms with van der Waals surface area (Å²) in [6.07, 6.45) is 0. The molecule has 1 heterocycles. The van der Waals surface area contributed by atoms with E-state index in [0.29, 0.717) is 23.1 Å². The molecule has 1 aromatic heterocycles. The number of anilines is 2. The van der Waals surface area contributed by atoms with Crippen molar-refractivity contribution in [3.8, 4) is 0 Å². The maximum Gasteiger partial charge on any atom is 0.293 e. The van der Waals surface area contributed by atoms with Crippen molar-refractivity contribution in [2.24, 2.45) is 0 Å². The number of nitrogens with zero attached hydrogens (tertiary/aromatic N) is 2. The predicted octanol–water partition coefficient (Wildman–Crippen LogP) is 4.14. The molecule has 3 rings (SSSR count). The number of hydrogen-bond acceptors (Lipinski definition) is 5. The van der Waals surface area contributed by atoms with Crippen molar-refractivity contribution in [1.29, 1.82) is 0 Å². The van der Waals surface area contributed by atoms with Crippen LogP contribution in [0.1, 0.15) is 21.6 Å². The van der Waals surface area contributed by atoms with Crippen LogP contribution in [0.2, 0.25) is 5.02 Å². The van der Waals surface area contributed by atoms with Gasteiger partial charge >= 0.3 is 0 Å². The zero-order valence-corrected chi connectivity index (χ0v) is 15.1. The second-order valence-electron chi connectivity index (χ2n) is 5.82. The van der Waals surface area contributed by atoms with E-state index in [1.54, 1.807) is 19.1 Å². The molecule has 0 saturated carbocycles. The number of nitrogens with one attached hydrogen (secondary N) is 3. The lowest BCUT2D eigenvalue weighted by Crippen LogP contribution is -2.13. The minimum absolute atomic E-state index is 0.158. The van der Waals surface area contributed by atoms with Crippen LogP contribution in [-0.4, -0.2) is 21.0 Å². The first-order chi connectivity index (χ1) is 12.9. The van der Waals surface area contributed by atoms with Crippen molar-refractivity contribution in [2.45, 2.75) is 13.5 Å². The average molecular weight is 386 g/mol. The van der Waals surface area contributed by atoms with Crippen LogP contribution in [0.5, 0.6) is 0 Å². The third kappa shape index (κ3) is 4.42. The van der Waals surface area contributed by atoms with Gasteiger partial charge in [-0.1, -0.05) is 29.8 Å². The molecule has 3 N–H and O–H groups in total. The average Bonchev–Trinajstić information content (AvgIpc) is 3.05. The highest BCUT2D eigenvalue weighted by molar-refractivity contribution is 6.31. The largest absolute Gasteiger partial charge is 0.375 e. The van der Waals surface area contributed by atoms with Crippen LogP contribution in [0.15, 0.2) is 48.5 Å². The van der Waals surface area contributed by atoms with Crippen LogP contribution in [-0.2, 0) is 6.54 Å². The van der Waals surface area contributed by atoms with Crippen molar-refractivity contribution >= 4 is 34.7 Å². The van der Waals surface area contributed by atoms with Gasteiger partial charge in [-0.25, -0.2) is 0 Å². The number of carbonyl (C=O) groups is 1. The normalized spacial score (nSPS) is 10.4. The van der Waals surface area contributed by atoms with Crippen molar-refractivity contribution < 1.29 is 9.72 Å². The number of aryl methyl sites for hydroxylation is 1. The van der Waals surface area contributed by atoms with Gasteiger partial charge in [-0.2, -0.15) is 5.10 Å². The maximum absolute atomic E-state index is 12.3.